The first-order valence-electron chi connectivity index (χ1n) is 4.38. The van der Waals surface area contributed by atoms with Gasteiger partial charge in [-0.2, -0.15) is 8.78 Å². The van der Waals surface area contributed by atoms with Crippen molar-refractivity contribution in [1.82, 2.24) is 5.32 Å². The van der Waals surface area contributed by atoms with E-state index in [2.05, 4.69) is 5.32 Å². The molecule has 15 heavy (non-hydrogen) atoms. The van der Waals surface area contributed by atoms with Crippen molar-refractivity contribution in [3.8, 4) is 0 Å². The molecule has 0 spiro atoms. The van der Waals surface area contributed by atoms with Crippen molar-refractivity contribution in [2.45, 2.75) is 18.9 Å². The summed E-state index contributed by atoms with van der Waals surface area (Å²) < 4.78 is 49.6. The summed E-state index contributed by atoms with van der Waals surface area (Å²) in [5.74, 6) is -4.07. The van der Waals surface area contributed by atoms with Crippen LogP contribution in [0.4, 0.5) is 17.6 Å². The summed E-state index contributed by atoms with van der Waals surface area (Å²) in [6, 6.07) is 4.86. The smallest absolute Gasteiger partial charge is 0.316 e. The molecule has 0 amide bonds. The molecule has 0 saturated carbocycles. The van der Waals surface area contributed by atoms with Gasteiger partial charge in [-0.1, -0.05) is 24.3 Å². The van der Waals surface area contributed by atoms with Crippen LogP contribution in [0.3, 0.4) is 0 Å². The lowest BCUT2D eigenvalue weighted by Gasteiger charge is -2.15. The molecule has 0 saturated heterocycles. The summed E-state index contributed by atoms with van der Waals surface area (Å²) >= 11 is 0. The van der Waals surface area contributed by atoms with Gasteiger partial charge in [-0.15, -0.1) is 0 Å². The summed E-state index contributed by atoms with van der Waals surface area (Å²) in [6.07, 6.45) is -3.67. The van der Waals surface area contributed by atoms with Crippen molar-refractivity contribution >= 4 is 0 Å². The average molecular weight is 221 g/mol. The number of hydrogen-bond acceptors (Lipinski definition) is 1. The Kier molecular flexibility index (Phi) is 3.68. The van der Waals surface area contributed by atoms with Crippen LogP contribution < -0.4 is 5.32 Å². The summed E-state index contributed by atoms with van der Waals surface area (Å²) in [6.45, 7) is 0.514. The molecule has 5 heteroatoms. The second-order valence-electron chi connectivity index (χ2n) is 3.15. The third kappa shape index (κ3) is 2.68. The lowest BCUT2D eigenvalue weighted by atomic mass is 10.1. The molecule has 0 aliphatic heterocycles. The van der Waals surface area contributed by atoms with Crippen LogP contribution in [0.1, 0.15) is 11.1 Å². The minimum atomic E-state index is -4.07. The normalized spacial score (nSPS) is 12.1. The Bertz CT molecular complexity index is 308. The first kappa shape index (κ1) is 12.0. The van der Waals surface area contributed by atoms with Gasteiger partial charge < -0.3 is 5.32 Å². The molecular weight excluding hydrogens is 210 g/mol. The zero-order chi connectivity index (χ0) is 11.5. The van der Waals surface area contributed by atoms with E-state index in [0.717, 1.165) is 17.7 Å². The summed E-state index contributed by atoms with van der Waals surface area (Å²) in [5.41, 5.74) is 0.115. The lowest BCUT2D eigenvalue weighted by molar-refractivity contribution is -0.135. The van der Waals surface area contributed by atoms with Gasteiger partial charge in [0, 0.05) is 12.1 Å². The van der Waals surface area contributed by atoms with Crippen molar-refractivity contribution in [1.29, 1.82) is 0 Å². The molecule has 0 bridgehead atoms. The van der Waals surface area contributed by atoms with E-state index in [4.69, 9.17) is 0 Å². The fourth-order valence-corrected chi connectivity index (χ4v) is 1.17. The second-order valence-corrected chi connectivity index (χ2v) is 3.15. The van der Waals surface area contributed by atoms with Crippen LogP contribution in [0.15, 0.2) is 24.3 Å². The molecule has 0 unspecified atom stereocenters. The van der Waals surface area contributed by atoms with Crippen LogP contribution in [-0.2, 0) is 12.5 Å². The number of hydrogen-bond donors (Lipinski definition) is 1. The number of nitrogens with one attached hydrogen (secondary N) is 1. The van der Waals surface area contributed by atoms with Gasteiger partial charge in [0.2, 0.25) is 0 Å². The lowest BCUT2D eigenvalue weighted by Crippen LogP contribution is -2.23. The van der Waals surface area contributed by atoms with E-state index in [1.165, 1.54) is 12.1 Å². The summed E-state index contributed by atoms with van der Waals surface area (Å²) in [5, 5.41) is 2.83. The number of halogens is 4. The van der Waals surface area contributed by atoms with Crippen LogP contribution in [0.25, 0.3) is 0 Å². The maximum absolute atomic E-state index is 12.8. The molecule has 1 aromatic carbocycles. The first-order chi connectivity index (χ1) is 6.98. The molecule has 0 heterocycles. The maximum Gasteiger partial charge on any atom is 0.332 e. The number of rotatable bonds is 4. The third-order valence-corrected chi connectivity index (χ3v) is 1.99. The molecule has 0 aromatic heterocycles. The van der Waals surface area contributed by atoms with Gasteiger partial charge in [0.1, 0.15) is 0 Å². The Hall–Kier alpha value is -1.10. The Morgan fingerprint density at radius 3 is 2.13 bits per heavy atom. The van der Waals surface area contributed by atoms with Crippen molar-refractivity contribution in [3.63, 3.8) is 0 Å². The minimum absolute atomic E-state index is 0.514. The quantitative estimate of drug-likeness (QED) is 0.771. The van der Waals surface area contributed by atoms with E-state index in [1.54, 1.807) is 7.05 Å². The van der Waals surface area contributed by atoms with Crippen molar-refractivity contribution in [2.24, 2.45) is 0 Å². The summed E-state index contributed by atoms with van der Waals surface area (Å²) in [4.78, 5) is 0. The van der Waals surface area contributed by atoms with Gasteiger partial charge in [-0.05, 0) is 12.6 Å². The van der Waals surface area contributed by atoms with Gasteiger partial charge >= 0.3 is 12.3 Å². The largest absolute Gasteiger partial charge is 0.332 e. The Morgan fingerprint density at radius 2 is 1.73 bits per heavy atom. The van der Waals surface area contributed by atoms with Crippen LogP contribution in [0.5, 0.6) is 0 Å². The third-order valence-electron chi connectivity index (χ3n) is 1.99. The van der Waals surface area contributed by atoms with Crippen LogP contribution in [0.2, 0.25) is 0 Å². The van der Waals surface area contributed by atoms with Gasteiger partial charge in [0.05, 0.1) is 0 Å². The molecule has 0 aliphatic carbocycles. The van der Waals surface area contributed by atoms with Crippen molar-refractivity contribution < 1.29 is 17.6 Å². The highest BCUT2D eigenvalue weighted by Gasteiger charge is 2.42. The Balaban J connectivity index is 2.88. The Labute approximate surface area is 85.1 Å². The van der Waals surface area contributed by atoms with E-state index < -0.39 is 17.9 Å². The SMILES string of the molecule is CNCc1ccc(C(F)(F)C(F)F)cc1. The summed E-state index contributed by atoms with van der Waals surface area (Å²) in [7, 11) is 1.71. The predicted molar refractivity (Wildman–Crippen MR) is 49.1 cm³/mol. The molecule has 1 aromatic rings. The predicted octanol–water partition coefficient (Wildman–Crippen LogP) is 2.76. The van der Waals surface area contributed by atoms with E-state index in [0.29, 0.717) is 6.54 Å². The number of alkyl halides is 4. The molecule has 0 aliphatic rings. The van der Waals surface area contributed by atoms with E-state index in [1.807, 2.05) is 0 Å². The minimum Gasteiger partial charge on any atom is -0.316 e. The van der Waals surface area contributed by atoms with Crippen molar-refractivity contribution in [2.75, 3.05) is 7.05 Å². The molecule has 0 fully saturated rings. The molecule has 1 rings (SSSR count). The maximum atomic E-state index is 12.8. The average Bonchev–Trinajstić information content (AvgIpc) is 2.19. The van der Waals surface area contributed by atoms with Gasteiger partial charge in [-0.3, -0.25) is 0 Å². The van der Waals surface area contributed by atoms with E-state index >= 15 is 0 Å². The number of benzene rings is 1. The monoisotopic (exact) mass is 221 g/mol. The van der Waals surface area contributed by atoms with Crippen LogP contribution >= 0.6 is 0 Å². The zero-order valence-corrected chi connectivity index (χ0v) is 8.11. The molecule has 0 radical (unpaired) electrons. The van der Waals surface area contributed by atoms with Gasteiger partial charge in [0.25, 0.3) is 0 Å². The van der Waals surface area contributed by atoms with Crippen LogP contribution in [0, 0.1) is 0 Å². The van der Waals surface area contributed by atoms with Crippen LogP contribution in [-0.4, -0.2) is 13.5 Å². The van der Waals surface area contributed by atoms with E-state index in [-0.39, 0.29) is 0 Å². The first-order valence-corrected chi connectivity index (χ1v) is 4.38. The standard InChI is InChI=1S/C10H11F4N/c1-15-6-7-2-4-8(5-3-7)10(13,14)9(11)12/h2-5,9,15H,6H2,1H3. The zero-order valence-electron chi connectivity index (χ0n) is 8.11. The molecule has 84 valence electrons. The fourth-order valence-electron chi connectivity index (χ4n) is 1.17. The van der Waals surface area contributed by atoms with E-state index in [9.17, 15) is 17.6 Å². The Morgan fingerprint density at radius 1 is 1.20 bits per heavy atom. The molecular formula is C10H11F4N. The highest BCUT2D eigenvalue weighted by atomic mass is 19.3. The van der Waals surface area contributed by atoms with Crippen molar-refractivity contribution in [3.05, 3.63) is 35.4 Å². The highest BCUT2D eigenvalue weighted by Crippen LogP contribution is 2.34. The van der Waals surface area contributed by atoms with Gasteiger partial charge in [-0.25, -0.2) is 8.78 Å². The molecule has 1 nitrogen and oxygen atoms in total. The topological polar surface area (TPSA) is 12.0 Å². The molecule has 1 N–H and O–H groups in total. The molecule has 0 atom stereocenters. The fraction of sp³-hybridized carbons (Fsp3) is 0.400. The second kappa shape index (κ2) is 4.61. The van der Waals surface area contributed by atoms with Gasteiger partial charge in [0.15, 0.2) is 0 Å². The highest BCUT2D eigenvalue weighted by molar-refractivity contribution is 5.26.